The van der Waals surface area contributed by atoms with Gasteiger partial charge in [0.1, 0.15) is 5.01 Å². The summed E-state index contributed by atoms with van der Waals surface area (Å²) in [4.78, 5) is 17.6. The van der Waals surface area contributed by atoms with Crippen LogP contribution in [0, 0.1) is 6.92 Å². The molecule has 0 aliphatic rings. The Morgan fingerprint density at radius 3 is 2.83 bits per heavy atom. The molecule has 0 unspecified atom stereocenters. The van der Waals surface area contributed by atoms with Gasteiger partial charge in [-0.1, -0.05) is 43.1 Å². The molecule has 0 radical (unpaired) electrons. The van der Waals surface area contributed by atoms with Gasteiger partial charge < -0.3 is 14.6 Å². The highest BCUT2D eigenvalue weighted by atomic mass is 35.5. The molecule has 1 aromatic carbocycles. The third-order valence-corrected chi connectivity index (χ3v) is 6.23. The third kappa shape index (κ3) is 5.12. The van der Waals surface area contributed by atoms with E-state index in [-0.39, 0.29) is 5.91 Å². The van der Waals surface area contributed by atoms with Crippen molar-refractivity contribution in [3.8, 4) is 22.0 Å². The molecule has 3 rings (SSSR count). The van der Waals surface area contributed by atoms with Crippen molar-refractivity contribution in [3.63, 3.8) is 0 Å². The summed E-state index contributed by atoms with van der Waals surface area (Å²) in [5, 5.41) is 6.60. The minimum atomic E-state index is -0.0540. The predicted octanol–water partition coefficient (Wildman–Crippen LogP) is 5.81. The van der Waals surface area contributed by atoms with E-state index < -0.39 is 0 Å². The van der Waals surface area contributed by atoms with Crippen LogP contribution in [-0.4, -0.2) is 35.7 Å². The number of methoxy groups -OCH3 is 1. The smallest absolute Gasteiger partial charge is 0.253 e. The Hall–Kier alpha value is -2.15. The predicted molar refractivity (Wildman–Crippen MR) is 124 cm³/mol. The summed E-state index contributed by atoms with van der Waals surface area (Å²) < 4.78 is 7.26. The average Bonchev–Trinajstić information content (AvgIpc) is 3.35. The number of unbranched alkanes of at least 4 members (excludes halogenated alkanes) is 1. The van der Waals surface area contributed by atoms with Gasteiger partial charge in [-0.15, -0.1) is 11.3 Å². The van der Waals surface area contributed by atoms with Gasteiger partial charge in [-0.05, 0) is 31.9 Å². The summed E-state index contributed by atoms with van der Waals surface area (Å²) in [7, 11) is 1.66. The van der Waals surface area contributed by atoms with Crippen molar-refractivity contribution in [3.05, 3.63) is 52.0 Å². The Balaban J connectivity index is 1.92. The van der Waals surface area contributed by atoms with Crippen molar-refractivity contribution in [2.24, 2.45) is 0 Å². The second kappa shape index (κ2) is 10.8. The zero-order valence-electron chi connectivity index (χ0n) is 17.7. The molecule has 0 spiro atoms. The Labute approximate surface area is 187 Å². The minimum Gasteiger partial charge on any atom is -0.385 e. The number of ether oxygens (including phenoxy) is 1. The van der Waals surface area contributed by atoms with Gasteiger partial charge in [-0.2, -0.15) is 0 Å². The van der Waals surface area contributed by atoms with Crippen LogP contribution in [0.3, 0.4) is 0 Å². The first kappa shape index (κ1) is 22.5. The van der Waals surface area contributed by atoms with Crippen molar-refractivity contribution < 1.29 is 9.53 Å². The van der Waals surface area contributed by atoms with E-state index in [9.17, 15) is 4.79 Å². The topological polar surface area (TPSA) is 56.2 Å². The molecule has 5 nitrogen and oxygen atoms in total. The van der Waals surface area contributed by atoms with Gasteiger partial charge >= 0.3 is 0 Å². The van der Waals surface area contributed by atoms with E-state index in [1.165, 1.54) is 0 Å². The number of hydrogen-bond acceptors (Lipinski definition) is 4. The maximum absolute atomic E-state index is 12.8. The van der Waals surface area contributed by atoms with Crippen molar-refractivity contribution in [2.45, 2.75) is 39.7 Å². The number of carbonyl (C=O) groups is 1. The van der Waals surface area contributed by atoms with Crippen LogP contribution in [0.25, 0.3) is 22.0 Å². The van der Waals surface area contributed by atoms with E-state index in [1.807, 2.05) is 42.6 Å². The molecular weight excluding hydrogens is 418 g/mol. The molecule has 1 amide bonds. The molecule has 2 aromatic heterocycles. The van der Waals surface area contributed by atoms with Crippen molar-refractivity contribution >= 4 is 28.8 Å². The Morgan fingerprint density at radius 1 is 1.30 bits per heavy atom. The first-order chi connectivity index (χ1) is 14.6. The molecule has 0 aliphatic carbocycles. The first-order valence-electron chi connectivity index (χ1n) is 10.2. The van der Waals surface area contributed by atoms with Gasteiger partial charge in [0.05, 0.1) is 22.0 Å². The molecule has 0 aliphatic heterocycles. The Bertz CT molecular complexity index is 996. The summed E-state index contributed by atoms with van der Waals surface area (Å²) in [5.41, 5.74) is 4.43. The zero-order valence-corrected chi connectivity index (χ0v) is 19.3. The average molecular weight is 446 g/mol. The summed E-state index contributed by atoms with van der Waals surface area (Å²) >= 11 is 7.92. The summed E-state index contributed by atoms with van der Waals surface area (Å²) in [5.74, 6) is -0.0540. The number of carbonyl (C=O) groups excluding carboxylic acids is 1. The normalized spacial score (nSPS) is 11.1. The maximum Gasteiger partial charge on any atom is 0.253 e. The number of nitrogens with one attached hydrogen (secondary N) is 1. The SMILES string of the molecule is CCCCn1c(-c2csc(-c3ccccc3Cl)n2)cc(C(=O)NCCCOC)c1C. The summed E-state index contributed by atoms with van der Waals surface area (Å²) in [6.07, 6.45) is 2.91. The lowest BCUT2D eigenvalue weighted by Crippen LogP contribution is -2.25. The molecule has 0 saturated heterocycles. The fourth-order valence-corrected chi connectivity index (χ4v) is 4.49. The monoisotopic (exact) mass is 445 g/mol. The van der Waals surface area contributed by atoms with Crippen LogP contribution in [0.5, 0.6) is 0 Å². The lowest BCUT2D eigenvalue weighted by molar-refractivity contribution is 0.0948. The van der Waals surface area contributed by atoms with E-state index in [1.54, 1.807) is 18.4 Å². The number of aromatic nitrogens is 2. The third-order valence-electron chi connectivity index (χ3n) is 5.03. The van der Waals surface area contributed by atoms with Crippen molar-refractivity contribution in [2.75, 3.05) is 20.3 Å². The second-order valence-electron chi connectivity index (χ2n) is 7.15. The van der Waals surface area contributed by atoms with E-state index >= 15 is 0 Å². The van der Waals surface area contributed by atoms with Gasteiger partial charge in [0.25, 0.3) is 5.91 Å². The Morgan fingerprint density at radius 2 is 2.10 bits per heavy atom. The van der Waals surface area contributed by atoms with Crippen LogP contribution in [-0.2, 0) is 11.3 Å². The quantitative estimate of drug-likeness (QED) is 0.401. The number of amides is 1. The number of rotatable bonds is 10. The van der Waals surface area contributed by atoms with Crippen LogP contribution < -0.4 is 5.32 Å². The fraction of sp³-hybridized carbons (Fsp3) is 0.391. The van der Waals surface area contributed by atoms with Crippen LogP contribution in [0.4, 0.5) is 0 Å². The highest BCUT2D eigenvalue weighted by Crippen LogP contribution is 2.34. The second-order valence-corrected chi connectivity index (χ2v) is 8.42. The van der Waals surface area contributed by atoms with E-state index in [0.29, 0.717) is 23.7 Å². The molecule has 0 saturated carbocycles. The highest BCUT2D eigenvalue weighted by molar-refractivity contribution is 7.13. The zero-order chi connectivity index (χ0) is 21.5. The van der Waals surface area contributed by atoms with Gasteiger partial charge in [-0.25, -0.2) is 4.98 Å². The number of benzene rings is 1. The molecular formula is C23H28ClN3O2S. The molecule has 7 heteroatoms. The summed E-state index contributed by atoms with van der Waals surface area (Å²) in [6.45, 7) is 6.25. The number of nitrogens with zero attached hydrogens (tertiary/aromatic N) is 2. The first-order valence-corrected chi connectivity index (χ1v) is 11.5. The molecule has 0 atom stereocenters. The van der Waals surface area contributed by atoms with E-state index in [4.69, 9.17) is 21.3 Å². The van der Waals surface area contributed by atoms with Gasteiger partial charge in [0, 0.05) is 43.4 Å². The molecule has 160 valence electrons. The van der Waals surface area contributed by atoms with Crippen LogP contribution in [0.2, 0.25) is 5.02 Å². The largest absolute Gasteiger partial charge is 0.385 e. The van der Waals surface area contributed by atoms with Gasteiger partial charge in [-0.3, -0.25) is 4.79 Å². The highest BCUT2D eigenvalue weighted by Gasteiger charge is 2.20. The molecule has 1 N–H and O–H groups in total. The standard InChI is InChI=1S/C23H28ClN3O2S/c1-4-5-12-27-16(2)18(22(28)25-11-8-13-29-3)14-21(27)20-15-30-23(26-20)17-9-6-7-10-19(17)24/h6-7,9-10,14-15H,4-5,8,11-13H2,1-3H3,(H,25,28). The number of hydrogen-bond donors (Lipinski definition) is 1. The van der Waals surface area contributed by atoms with Gasteiger partial charge in [0.15, 0.2) is 0 Å². The van der Waals surface area contributed by atoms with Crippen LogP contribution >= 0.6 is 22.9 Å². The number of halogens is 1. The molecule has 2 heterocycles. The molecule has 0 fully saturated rings. The lowest BCUT2D eigenvalue weighted by Gasteiger charge is -2.10. The van der Waals surface area contributed by atoms with Crippen molar-refractivity contribution in [1.82, 2.24) is 14.9 Å². The van der Waals surface area contributed by atoms with Gasteiger partial charge in [0.2, 0.25) is 0 Å². The van der Waals surface area contributed by atoms with E-state index in [0.717, 1.165) is 53.5 Å². The lowest BCUT2D eigenvalue weighted by atomic mass is 10.2. The summed E-state index contributed by atoms with van der Waals surface area (Å²) in [6, 6.07) is 9.69. The van der Waals surface area contributed by atoms with Crippen molar-refractivity contribution in [1.29, 1.82) is 0 Å². The maximum atomic E-state index is 12.8. The molecule has 0 bridgehead atoms. The molecule has 30 heavy (non-hydrogen) atoms. The fourth-order valence-electron chi connectivity index (χ4n) is 3.35. The van der Waals surface area contributed by atoms with Crippen LogP contribution in [0.15, 0.2) is 35.7 Å². The van der Waals surface area contributed by atoms with E-state index in [2.05, 4.69) is 16.8 Å². The minimum absolute atomic E-state index is 0.0540. The molecule has 3 aromatic rings. The number of thiazole rings is 1. The van der Waals surface area contributed by atoms with Crippen LogP contribution in [0.1, 0.15) is 42.2 Å². The Kier molecular flexibility index (Phi) is 8.08.